The molecule has 4 nitrogen and oxygen atoms in total. The van der Waals surface area contributed by atoms with E-state index in [9.17, 15) is 18.0 Å². The molecule has 0 radical (unpaired) electrons. The van der Waals surface area contributed by atoms with Crippen molar-refractivity contribution in [2.45, 2.75) is 57.8 Å². The molecule has 7 heteroatoms. The zero-order chi connectivity index (χ0) is 23.6. The van der Waals surface area contributed by atoms with E-state index in [1.54, 1.807) is 13.0 Å². The van der Waals surface area contributed by atoms with Gasteiger partial charge in [0.1, 0.15) is 5.82 Å². The van der Waals surface area contributed by atoms with E-state index in [0.717, 1.165) is 54.5 Å². The van der Waals surface area contributed by atoms with Gasteiger partial charge in [-0.3, -0.25) is 4.79 Å². The highest BCUT2D eigenvalue weighted by Gasteiger charge is 2.31. The fraction of sp³-hybridized carbons (Fsp3) is 0.385. The quantitative estimate of drug-likeness (QED) is 0.467. The number of fused-ring (bicyclic) bond motifs is 1. The fourth-order valence-electron chi connectivity index (χ4n) is 4.53. The van der Waals surface area contributed by atoms with Gasteiger partial charge in [0.15, 0.2) is 0 Å². The molecule has 1 aromatic heterocycles. The van der Waals surface area contributed by atoms with Crippen LogP contribution in [-0.4, -0.2) is 16.9 Å². The Morgan fingerprint density at radius 3 is 2.48 bits per heavy atom. The molecule has 0 aliphatic heterocycles. The summed E-state index contributed by atoms with van der Waals surface area (Å²) < 4.78 is 38.9. The summed E-state index contributed by atoms with van der Waals surface area (Å²) >= 11 is 0. The third-order valence-electron chi connectivity index (χ3n) is 6.45. The van der Waals surface area contributed by atoms with Crippen LogP contribution in [0.2, 0.25) is 0 Å². The van der Waals surface area contributed by atoms with Crippen LogP contribution in [0.4, 0.5) is 19.0 Å². The summed E-state index contributed by atoms with van der Waals surface area (Å²) in [5, 5.41) is 7.55. The number of aryl methyl sites for hydroxylation is 1. The monoisotopic (exact) mass is 455 g/mol. The van der Waals surface area contributed by atoms with Crippen molar-refractivity contribution in [3.05, 3.63) is 71.3 Å². The number of carbonyl (C=O) groups excluding carboxylic acids is 1. The zero-order valence-electron chi connectivity index (χ0n) is 18.7. The number of benzene rings is 2. The number of nitrogens with one attached hydrogen (secondary N) is 2. The van der Waals surface area contributed by atoms with Gasteiger partial charge in [0.25, 0.3) is 0 Å². The first-order chi connectivity index (χ1) is 15.7. The molecular formula is C26H28F3N3O. The molecule has 0 saturated heterocycles. The number of halogens is 3. The number of aromatic nitrogens is 1. The van der Waals surface area contributed by atoms with Gasteiger partial charge in [0.05, 0.1) is 17.1 Å². The minimum atomic E-state index is -4.40. The highest BCUT2D eigenvalue weighted by atomic mass is 19.4. The molecule has 1 amide bonds. The van der Waals surface area contributed by atoms with Crippen molar-refractivity contribution >= 4 is 22.6 Å². The molecule has 4 rings (SSSR count). The van der Waals surface area contributed by atoms with Gasteiger partial charge in [0, 0.05) is 17.3 Å². The molecule has 174 valence electrons. The number of para-hydroxylation sites is 1. The van der Waals surface area contributed by atoms with Crippen molar-refractivity contribution in [1.29, 1.82) is 0 Å². The smallest absolute Gasteiger partial charge is 0.367 e. The molecule has 0 unspecified atom stereocenters. The Balaban J connectivity index is 1.32. The molecular weight excluding hydrogens is 427 g/mol. The summed E-state index contributed by atoms with van der Waals surface area (Å²) in [5.41, 5.74) is 1.87. The predicted molar refractivity (Wildman–Crippen MR) is 124 cm³/mol. The van der Waals surface area contributed by atoms with Gasteiger partial charge >= 0.3 is 6.18 Å². The van der Waals surface area contributed by atoms with Crippen LogP contribution in [0.1, 0.15) is 55.3 Å². The second-order valence-electron chi connectivity index (χ2n) is 8.89. The molecule has 1 heterocycles. The maximum Gasteiger partial charge on any atom is 0.416 e. The number of pyridine rings is 1. The lowest BCUT2D eigenvalue weighted by Gasteiger charge is -2.30. The van der Waals surface area contributed by atoms with E-state index in [0.29, 0.717) is 5.56 Å². The molecule has 2 aromatic carbocycles. The van der Waals surface area contributed by atoms with Crippen LogP contribution in [0, 0.1) is 12.8 Å². The Kier molecular flexibility index (Phi) is 6.58. The van der Waals surface area contributed by atoms with Gasteiger partial charge in [-0.2, -0.15) is 13.2 Å². The summed E-state index contributed by atoms with van der Waals surface area (Å²) in [5.74, 6) is 0.609. The van der Waals surface area contributed by atoms with Gasteiger partial charge in [-0.05, 0) is 74.9 Å². The predicted octanol–water partition coefficient (Wildman–Crippen LogP) is 6.41. The highest BCUT2D eigenvalue weighted by molar-refractivity contribution is 5.83. The molecule has 0 spiro atoms. The Hall–Kier alpha value is -3.09. The molecule has 1 atom stereocenters. The van der Waals surface area contributed by atoms with Crippen LogP contribution in [0.5, 0.6) is 0 Å². The number of nitrogens with zero attached hydrogens (tertiary/aromatic N) is 1. The fourth-order valence-corrected chi connectivity index (χ4v) is 4.53. The summed E-state index contributed by atoms with van der Waals surface area (Å²) in [6, 6.07) is 15.0. The number of anilines is 1. The number of carbonyl (C=O) groups is 1. The molecule has 1 aliphatic rings. The summed E-state index contributed by atoms with van der Waals surface area (Å²) in [4.78, 5) is 17.5. The largest absolute Gasteiger partial charge is 0.416 e. The van der Waals surface area contributed by atoms with Crippen molar-refractivity contribution in [2.75, 3.05) is 5.32 Å². The Labute approximate surface area is 191 Å². The maximum absolute atomic E-state index is 13.0. The van der Waals surface area contributed by atoms with Crippen molar-refractivity contribution in [2.24, 2.45) is 5.92 Å². The van der Waals surface area contributed by atoms with E-state index in [4.69, 9.17) is 4.98 Å². The topological polar surface area (TPSA) is 54.0 Å². The lowest BCUT2D eigenvalue weighted by Crippen LogP contribution is -2.37. The van der Waals surface area contributed by atoms with Gasteiger partial charge in [-0.25, -0.2) is 4.98 Å². The minimum absolute atomic E-state index is 0.0990. The maximum atomic E-state index is 13.0. The van der Waals surface area contributed by atoms with Crippen molar-refractivity contribution in [1.82, 2.24) is 10.3 Å². The second kappa shape index (κ2) is 9.41. The average Bonchev–Trinajstić information content (AvgIpc) is 2.79. The van der Waals surface area contributed by atoms with Crippen LogP contribution in [0.25, 0.3) is 10.9 Å². The van der Waals surface area contributed by atoms with Crippen molar-refractivity contribution < 1.29 is 18.0 Å². The molecule has 33 heavy (non-hydrogen) atoms. The SMILES string of the molecule is Cc1cc(N[C@H]2CC[C@@H](C(=O)N[C@@H](C)c3cccc(C(F)(F)F)c3)CC2)nc2ccccc12. The van der Waals surface area contributed by atoms with Crippen molar-refractivity contribution in [3.8, 4) is 0 Å². The third kappa shape index (κ3) is 5.46. The summed E-state index contributed by atoms with van der Waals surface area (Å²) in [6.07, 6.45) is -1.27. The van der Waals surface area contributed by atoms with E-state index in [-0.39, 0.29) is 17.9 Å². The molecule has 3 aromatic rings. The minimum Gasteiger partial charge on any atom is -0.367 e. The van der Waals surface area contributed by atoms with E-state index < -0.39 is 17.8 Å². The molecule has 1 aliphatic carbocycles. The molecule has 2 N–H and O–H groups in total. The van der Waals surface area contributed by atoms with Gasteiger partial charge in [-0.15, -0.1) is 0 Å². The van der Waals surface area contributed by atoms with Crippen LogP contribution in [-0.2, 0) is 11.0 Å². The second-order valence-corrected chi connectivity index (χ2v) is 8.89. The summed E-state index contributed by atoms with van der Waals surface area (Å²) in [7, 11) is 0. The number of rotatable bonds is 5. The molecule has 0 bridgehead atoms. The Morgan fingerprint density at radius 1 is 1.03 bits per heavy atom. The van der Waals surface area contributed by atoms with E-state index in [2.05, 4.69) is 29.7 Å². The van der Waals surface area contributed by atoms with Gasteiger partial charge in [-0.1, -0.05) is 30.3 Å². The first-order valence-corrected chi connectivity index (χ1v) is 11.3. The first kappa shape index (κ1) is 23.1. The van der Waals surface area contributed by atoms with Crippen LogP contribution < -0.4 is 10.6 Å². The first-order valence-electron chi connectivity index (χ1n) is 11.3. The van der Waals surface area contributed by atoms with E-state index in [1.165, 1.54) is 11.6 Å². The van der Waals surface area contributed by atoms with E-state index in [1.807, 2.05) is 18.2 Å². The third-order valence-corrected chi connectivity index (χ3v) is 6.45. The van der Waals surface area contributed by atoms with Crippen LogP contribution in [0.15, 0.2) is 54.6 Å². The average molecular weight is 456 g/mol. The van der Waals surface area contributed by atoms with E-state index >= 15 is 0 Å². The van der Waals surface area contributed by atoms with Crippen molar-refractivity contribution in [3.63, 3.8) is 0 Å². The van der Waals surface area contributed by atoms with Gasteiger partial charge in [0.2, 0.25) is 5.91 Å². The number of hydrogen-bond acceptors (Lipinski definition) is 3. The zero-order valence-corrected chi connectivity index (χ0v) is 18.7. The number of amides is 1. The highest BCUT2D eigenvalue weighted by Crippen LogP contribution is 2.32. The number of alkyl halides is 3. The standard InChI is InChI=1S/C26H28F3N3O/c1-16-14-24(32-23-9-4-3-8-22(16)23)31-21-12-10-18(11-13-21)25(33)30-17(2)19-6-5-7-20(15-19)26(27,28)29/h3-9,14-15,17-18,21H,10-13H2,1-2H3,(H,30,33)(H,31,32)/t17-,18-,21+/m0/s1. The van der Waals surface area contributed by atoms with Gasteiger partial charge < -0.3 is 10.6 Å². The van der Waals surface area contributed by atoms with Crippen LogP contribution >= 0.6 is 0 Å². The lowest BCUT2D eigenvalue weighted by atomic mass is 9.85. The number of hydrogen-bond donors (Lipinski definition) is 2. The summed E-state index contributed by atoms with van der Waals surface area (Å²) in [6.45, 7) is 3.79. The lowest BCUT2D eigenvalue weighted by molar-refractivity contribution is -0.137. The normalized spacial score (nSPS) is 19.8. The molecule has 1 fully saturated rings. The molecule has 1 saturated carbocycles. The Morgan fingerprint density at radius 2 is 1.76 bits per heavy atom. The Bertz CT molecular complexity index is 1140. The van der Waals surface area contributed by atoms with Crippen LogP contribution in [0.3, 0.4) is 0 Å².